The molecule has 7 aromatic carbocycles. The molecule has 8 aromatic rings. The number of hydrogen-bond acceptors (Lipinski definition) is 1. The second-order valence-electron chi connectivity index (χ2n) is 10.5. The van der Waals surface area contributed by atoms with E-state index in [0.717, 1.165) is 22.7 Å². The first-order valence-electron chi connectivity index (χ1n) is 13.7. The highest BCUT2D eigenvalue weighted by Crippen LogP contribution is 2.50. The Morgan fingerprint density at radius 2 is 1.15 bits per heavy atom. The number of hydrogen-bond donors (Lipinski definition) is 0. The van der Waals surface area contributed by atoms with Gasteiger partial charge in [0.05, 0.1) is 11.0 Å². The van der Waals surface area contributed by atoms with Crippen molar-refractivity contribution >= 4 is 43.4 Å². The van der Waals surface area contributed by atoms with Gasteiger partial charge in [0.25, 0.3) is 0 Å². The van der Waals surface area contributed by atoms with Gasteiger partial charge in [-0.3, -0.25) is 0 Å². The molecule has 1 aliphatic rings. The van der Waals surface area contributed by atoms with Crippen molar-refractivity contribution in [1.29, 1.82) is 0 Å². The van der Waals surface area contributed by atoms with Crippen molar-refractivity contribution in [2.45, 2.75) is 0 Å². The highest BCUT2D eigenvalue weighted by atomic mass is 16.5. The first-order chi connectivity index (χ1) is 19.9. The first-order valence-corrected chi connectivity index (χ1v) is 13.7. The molecular weight excluding hydrogens is 486 g/mol. The molecule has 0 aliphatic carbocycles. The number of fused-ring (bicyclic) bond motifs is 7. The molecule has 186 valence electrons. The molecule has 0 saturated carbocycles. The fourth-order valence-corrected chi connectivity index (χ4v) is 6.71. The van der Waals surface area contributed by atoms with Crippen molar-refractivity contribution in [2.75, 3.05) is 0 Å². The maximum atomic E-state index is 6.43. The van der Waals surface area contributed by atoms with Gasteiger partial charge in [-0.2, -0.15) is 0 Å². The average molecular weight is 510 g/mol. The van der Waals surface area contributed by atoms with Crippen molar-refractivity contribution in [1.82, 2.24) is 4.57 Å². The summed E-state index contributed by atoms with van der Waals surface area (Å²) in [5.74, 6) is 1.82. The van der Waals surface area contributed by atoms with Gasteiger partial charge in [0, 0.05) is 33.0 Å². The van der Waals surface area contributed by atoms with Crippen LogP contribution in [0.3, 0.4) is 0 Å². The van der Waals surface area contributed by atoms with Gasteiger partial charge in [-0.25, -0.2) is 0 Å². The quantitative estimate of drug-likeness (QED) is 0.226. The second kappa shape index (κ2) is 8.08. The summed E-state index contributed by atoms with van der Waals surface area (Å²) in [4.78, 5) is 0. The maximum absolute atomic E-state index is 6.43. The highest BCUT2D eigenvalue weighted by Gasteiger charge is 2.24. The van der Waals surface area contributed by atoms with E-state index in [9.17, 15) is 0 Å². The summed E-state index contributed by atoms with van der Waals surface area (Å²) < 4.78 is 8.87. The van der Waals surface area contributed by atoms with Gasteiger partial charge in [0.15, 0.2) is 0 Å². The minimum absolute atomic E-state index is 0.910. The predicted octanol–water partition coefficient (Wildman–Crippen LogP) is 10.5. The van der Waals surface area contributed by atoms with E-state index in [2.05, 4.69) is 138 Å². The topological polar surface area (TPSA) is 14.2 Å². The lowest BCUT2D eigenvalue weighted by Crippen LogP contribution is -1.99. The lowest BCUT2D eigenvalue weighted by Gasteiger charge is -2.23. The van der Waals surface area contributed by atoms with Crippen molar-refractivity contribution in [3.8, 4) is 39.4 Å². The zero-order valence-electron chi connectivity index (χ0n) is 21.6. The van der Waals surface area contributed by atoms with Gasteiger partial charge < -0.3 is 9.30 Å². The Balaban J connectivity index is 1.48. The third kappa shape index (κ3) is 2.88. The van der Waals surface area contributed by atoms with Gasteiger partial charge in [-0.15, -0.1) is 0 Å². The van der Waals surface area contributed by atoms with Crippen LogP contribution in [0.4, 0.5) is 0 Å². The molecule has 2 heteroatoms. The molecule has 0 N–H and O–H groups in total. The molecule has 40 heavy (non-hydrogen) atoms. The zero-order valence-corrected chi connectivity index (χ0v) is 21.6. The molecule has 9 rings (SSSR count). The van der Waals surface area contributed by atoms with Crippen LogP contribution in [0.15, 0.2) is 140 Å². The van der Waals surface area contributed by atoms with Crippen molar-refractivity contribution in [2.24, 2.45) is 0 Å². The summed E-state index contributed by atoms with van der Waals surface area (Å²) >= 11 is 0. The van der Waals surface area contributed by atoms with Crippen LogP contribution in [0.25, 0.3) is 71.3 Å². The van der Waals surface area contributed by atoms with Crippen LogP contribution in [-0.2, 0) is 0 Å². The first kappa shape index (κ1) is 21.6. The third-order valence-corrected chi connectivity index (χ3v) is 8.36. The van der Waals surface area contributed by atoms with E-state index in [0.29, 0.717) is 0 Å². The maximum Gasteiger partial charge on any atom is 0.135 e. The number of para-hydroxylation sites is 3. The number of ether oxygens (including phenoxy) is 1. The van der Waals surface area contributed by atoms with Crippen molar-refractivity contribution in [3.05, 3.63) is 140 Å². The minimum atomic E-state index is 0.910. The average Bonchev–Trinajstić information content (AvgIpc) is 3.37. The summed E-state index contributed by atoms with van der Waals surface area (Å²) in [6.07, 6.45) is 0. The van der Waals surface area contributed by atoms with Gasteiger partial charge in [-0.05, 0) is 69.8 Å². The van der Waals surface area contributed by atoms with E-state index in [1.54, 1.807) is 0 Å². The SMILES string of the molecule is c1ccc(-n2c3ccccc3c3c4ccccc4cc(-c4ccc5c6c(cccc46)-c4ccccc4O5)c32)cc1. The molecular formula is C38H23NO. The third-order valence-electron chi connectivity index (χ3n) is 8.36. The van der Waals surface area contributed by atoms with Gasteiger partial charge in [-0.1, -0.05) is 97.1 Å². The Hall–Kier alpha value is -5.34. The Kier molecular flexibility index (Phi) is 4.36. The van der Waals surface area contributed by atoms with Crippen molar-refractivity contribution < 1.29 is 4.74 Å². The molecule has 2 nitrogen and oxygen atoms in total. The molecule has 0 bridgehead atoms. The highest BCUT2D eigenvalue weighted by molar-refractivity contribution is 6.26. The Bertz CT molecular complexity index is 2290. The van der Waals surface area contributed by atoms with Crippen molar-refractivity contribution in [3.63, 3.8) is 0 Å². The zero-order chi connectivity index (χ0) is 26.2. The molecule has 0 saturated heterocycles. The Morgan fingerprint density at radius 1 is 0.425 bits per heavy atom. The Morgan fingerprint density at radius 3 is 2.08 bits per heavy atom. The van der Waals surface area contributed by atoms with E-state index in [1.807, 2.05) is 6.07 Å². The fraction of sp³-hybridized carbons (Fsp3) is 0. The molecule has 1 aliphatic heterocycles. The molecule has 1 aromatic heterocycles. The fourth-order valence-electron chi connectivity index (χ4n) is 6.71. The van der Waals surface area contributed by atoms with Crippen LogP contribution >= 0.6 is 0 Å². The largest absolute Gasteiger partial charge is 0.456 e. The van der Waals surface area contributed by atoms with Crippen LogP contribution in [0.1, 0.15) is 0 Å². The standard InChI is InChI=1S/C38H23NO/c1-2-12-25(13-3-1)39-33-19-8-6-16-31(33)37-26-14-5-4-11-24(26)23-32(38(37)39)27-21-22-35-36-29(27)17-10-18-30(36)28-15-7-9-20-34(28)40-35/h1-23H. The van der Waals surface area contributed by atoms with Crippen LogP contribution in [0, 0.1) is 0 Å². The molecule has 2 heterocycles. The van der Waals surface area contributed by atoms with Crippen LogP contribution < -0.4 is 4.74 Å². The van der Waals surface area contributed by atoms with Gasteiger partial charge >= 0.3 is 0 Å². The van der Waals surface area contributed by atoms with E-state index >= 15 is 0 Å². The number of aromatic nitrogens is 1. The molecule has 0 spiro atoms. The molecule has 0 unspecified atom stereocenters. The number of rotatable bonds is 2. The van der Waals surface area contributed by atoms with Crippen LogP contribution in [-0.4, -0.2) is 4.57 Å². The van der Waals surface area contributed by atoms with E-state index in [1.165, 1.54) is 60.0 Å². The Labute approximate surface area is 231 Å². The summed E-state index contributed by atoms with van der Waals surface area (Å²) in [6, 6.07) is 50.0. The second-order valence-corrected chi connectivity index (χ2v) is 10.5. The number of benzene rings is 7. The number of nitrogens with zero attached hydrogens (tertiary/aromatic N) is 1. The summed E-state index contributed by atoms with van der Waals surface area (Å²) in [5, 5.41) is 7.43. The monoisotopic (exact) mass is 509 g/mol. The van der Waals surface area contributed by atoms with Crippen LogP contribution in [0.2, 0.25) is 0 Å². The van der Waals surface area contributed by atoms with Gasteiger partial charge in [0.1, 0.15) is 11.5 Å². The summed E-state index contributed by atoms with van der Waals surface area (Å²) in [5.41, 5.74) is 8.38. The lowest BCUT2D eigenvalue weighted by molar-refractivity contribution is 0.487. The molecule has 0 radical (unpaired) electrons. The minimum Gasteiger partial charge on any atom is -0.456 e. The normalized spacial score (nSPS) is 12.2. The lowest BCUT2D eigenvalue weighted by atomic mass is 9.89. The van der Waals surface area contributed by atoms with E-state index < -0.39 is 0 Å². The summed E-state index contributed by atoms with van der Waals surface area (Å²) in [7, 11) is 0. The van der Waals surface area contributed by atoms with Gasteiger partial charge in [0.2, 0.25) is 0 Å². The van der Waals surface area contributed by atoms with Crippen LogP contribution in [0.5, 0.6) is 11.5 Å². The molecule has 0 fully saturated rings. The molecule has 0 amide bonds. The predicted molar refractivity (Wildman–Crippen MR) is 167 cm³/mol. The van der Waals surface area contributed by atoms with E-state index in [4.69, 9.17) is 4.74 Å². The molecule has 0 atom stereocenters. The van der Waals surface area contributed by atoms with E-state index in [-0.39, 0.29) is 0 Å². The smallest absolute Gasteiger partial charge is 0.135 e. The summed E-state index contributed by atoms with van der Waals surface area (Å²) in [6.45, 7) is 0.